The first-order valence-corrected chi connectivity index (χ1v) is 7.07. The van der Waals surface area contributed by atoms with Gasteiger partial charge in [0.1, 0.15) is 0 Å². The van der Waals surface area contributed by atoms with Gasteiger partial charge in [-0.1, -0.05) is 0 Å². The van der Waals surface area contributed by atoms with Crippen molar-refractivity contribution in [2.24, 2.45) is 11.7 Å². The molecule has 2 atom stereocenters. The first kappa shape index (κ1) is 13.8. The van der Waals surface area contributed by atoms with Gasteiger partial charge in [0.25, 0.3) is 0 Å². The van der Waals surface area contributed by atoms with Crippen LogP contribution in [0.5, 0.6) is 0 Å². The lowest BCUT2D eigenvalue weighted by molar-refractivity contribution is -0.119. The van der Waals surface area contributed by atoms with E-state index in [1.54, 1.807) is 0 Å². The Hall–Kier alpha value is -2.21. The van der Waals surface area contributed by atoms with E-state index in [1.165, 1.54) is 6.39 Å². The first-order chi connectivity index (χ1) is 10.1. The van der Waals surface area contributed by atoms with Crippen LogP contribution in [0, 0.1) is 12.8 Å². The van der Waals surface area contributed by atoms with E-state index in [1.807, 2.05) is 25.1 Å². The lowest BCUT2D eigenvalue weighted by Crippen LogP contribution is -2.23. The quantitative estimate of drug-likeness (QED) is 0.901. The molecule has 1 aliphatic rings. The molecule has 0 aliphatic heterocycles. The fraction of sp³-hybridized carbons (Fsp3) is 0.400. The second kappa shape index (κ2) is 5.65. The highest BCUT2D eigenvalue weighted by Crippen LogP contribution is 2.27. The number of nitrogens with two attached hydrogens (primary N) is 1. The van der Waals surface area contributed by atoms with Crippen molar-refractivity contribution in [3.63, 3.8) is 0 Å². The number of amides is 1. The zero-order valence-electron chi connectivity index (χ0n) is 11.9. The van der Waals surface area contributed by atoms with Gasteiger partial charge >= 0.3 is 0 Å². The van der Waals surface area contributed by atoms with Crippen molar-refractivity contribution in [1.82, 2.24) is 10.2 Å². The van der Waals surface area contributed by atoms with Crippen molar-refractivity contribution in [2.45, 2.75) is 32.2 Å². The summed E-state index contributed by atoms with van der Waals surface area (Å²) >= 11 is 0. The second-order valence-corrected chi connectivity index (χ2v) is 5.53. The molecule has 110 valence electrons. The maximum atomic E-state index is 12.2. The normalized spacial score (nSPS) is 21.4. The summed E-state index contributed by atoms with van der Waals surface area (Å²) in [5.74, 6) is 0.546. The van der Waals surface area contributed by atoms with Crippen LogP contribution < -0.4 is 11.1 Å². The van der Waals surface area contributed by atoms with Gasteiger partial charge in [0, 0.05) is 23.2 Å². The van der Waals surface area contributed by atoms with Gasteiger partial charge in [-0.25, -0.2) is 0 Å². The highest BCUT2D eigenvalue weighted by atomic mass is 16.4. The molecule has 0 bridgehead atoms. The van der Waals surface area contributed by atoms with Gasteiger partial charge in [0.15, 0.2) is 0 Å². The smallest absolute Gasteiger partial charge is 0.247 e. The Morgan fingerprint density at radius 2 is 2.29 bits per heavy atom. The summed E-state index contributed by atoms with van der Waals surface area (Å²) in [6, 6.07) is 5.79. The number of rotatable bonds is 3. The van der Waals surface area contributed by atoms with E-state index in [0.29, 0.717) is 5.89 Å². The average Bonchev–Trinajstić information content (AvgIpc) is 3.12. The van der Waals surface area contributed by atoms with E-state index >= 15 is 0 Å². The van der Waals surface area contributed by atoms with Crippen LogP contribution in [-0.2, 0) is 4.79 Å². The number of carbonyl (C=O) groups excluding carboxylic acids is 1. The summed E-state index contributed by atoms with van der Waals surface area (Å²) < 4.78 is 5.17. The minimum absolute atomic E-state index is 0.0232. The number of anilines is 1. The predicted molar refractivity (Wildman–Crippen MR) is 78.4 cm³/mol. The number of hydrogen-bond acceptors (Lipinski definition) is 5. The molecule has 21 heavy (non-hydrogen) atoms. The highest BCUT2D eigenvalue weighted by molar-refractivity contribution is 5.93. The van der Waals surface area contributed by atoms with Gasteiger partial charge in [-0.2, -0.15) is 0 Å². The lowest BCUT2D eigenvalue weighted by atomic mass is 10.1. The van der Waals surface area contributed by atoms with Crippen LogP contribution in [0.3, 0.4) is 0 Å². The molecule has 6 nitrogen and oxygen atoms in total. The molecule has 0 saturated heterocycles. The van der Waals surface area contributed by atoms with Crippen molar-refractivity contribution in [2.75, 3.05) is 5.32 Å². The van der Waals surface area contributed by atoms with Crippen LogP contribution in [0.1, 0.15) is 24.8 Å². The second-order valence-electron chi connectivity index (χ2n) is 5.53. The SMILES string of the molecule is Cc1cc(-c2nnco2)ccc1NC(=O)C1CCC(N)C1. The van der Waals surface area contributed by atoms with E-state index in [-0.39, 0.29) is 17.9 Å². The number of nitrogens with zero attached hydrogens (tertiary/aromatic N) is 2. The molecule has 1 aliphatic carbocycles. The third kappa shape index (κ3) is 2.95. The molecule has 1 aromatic carbocycles. The monoisotopic (exact) mass is 286 g/mol. The van der Waals surface area contributed by atoms with Crippen LogP contribution in [0.25, 0.3) is 11.5 Å². The van der Waals surface area contributed by atoms with Gasteiger partial charge in [-0.15, -0.1) is 10.2 Å². The predicted octanol–water partition coefficient (Wildman–Crippen LogP) is 2.11. The zero-order valence-corrected chi connectivity index (χ0v) is 11.9. The molecule has 1 aromatic heterocycles. The summed E-state index contributed by atoms with van der Waals surface area (Å²) in [5.41, 5.74) is 8.46. The van der Waals surface area contributed by atoms with E-state index < -0.39 is 0 Å². The summed E-state index contributed by atoms with van der Waals surface area (Å²) in [4.78, 5) is 12.2. The van der Waals surface area contributed by atoms with Crippen LogP contribution in [0.4, 0.5) is 5.69 Å². The number of hydrogen-bond donors (Lipinski definition) is 2. The van der Waals surface area contributed by atoms with E-state index in [2.05, 4.69) is 15.5 Å². The first-order valence-electron chi connectivity index (χ1n) is 7.07. The summed E-state index contributed by atoms with van der Waals surface area (Å²) in [6.07, 6.45) is 3.86. The number of carbonyl (C=O) groups is 1. The molecule has 1 saturated carbocycles. The molecule has 1 fully saturated rings. The third-order valence-electron chi connectivity index (χ3n) is 3.94. The minimum Gasteiger partial charge on any atom is -0.423 e. The van der Waals surface area contributed by atoms with Gasteiger partial charge in [0.05, 0.1) is 0 Å². The topological polar surface area (TPSA) is 94.0 Å². The van der Waals surface area contributed by atoms with Crippen molar-refractivity contribution >= 4 is 11.6 Å². The number of aryl methyl sites for hydroxylation is 1. The highest BCUT2D eigenvalue weighted by Gasteiger charge is 2.27. The Morgan fingerprint density at radius 1 is 1.43 bits per heavy atom. The molecular weight excluding hydrogens is 268 g/mol. The van der Waals surface area contributed by atoms with Gasteiger partial charge < -0.3 is 15.5 Å². The Bertz CT molecular complexity index is 639. The maximum absolute atomic E-state index is 12.2. The van der Waals surface area contributed by atoms with E-state index in [4.69, 9.17) is 10.2 Å². The van der Waals surface area contributed by atoms with Crippen molar-refractivity contribution < 1.29 is 9.21 Å². The Morgan fingerprint density at radius 3 is 2.90 bits per heavy atom. The molecular formula is C15H18N4O2. The molecule has 0 spiro atoms. The molecule has 2 unspecified atom stereocenters. The van der Waals surface area contributed by atoms with Crippen molar-refractivity contribution in [3.05, 3.63) is 30.2 Å². The minimum atomic E-state index is 0.0232. The van der Waals surface area contributed by atoms with Gasteiger partial charge in [0.2, 0.25) is 18.2 Å². The Kier molecular flexibility index (Phi) is 3.70. The zero-order chi connectivity index (χ0) is 14.8. The van der Waals surface area contributed by atoms with Gasteiger partial charge in [-0.3, -0.25) is 4.79 Å². The van der Waals surface area contributed by atoms with Crippen LogP contribution in [0.15, 0.2) is 29.0 Å². The third-order valence-corrected chi connectivity index (χ3v) is 3.94. The number of nitrogens with one attached hydrogen (secondary N) is 1. The molecule has 3 rings (SSSR count). The molecule has 2 aromatic rings. The summed E-state index contributed by atoms with van der Waals surface area (Å²) in [7, 11) is 0. The molecule has 3 N–H and O–H groups in total. The average molecular weight is 286 g/mol. The molecule has 1 heterocycles. The van der Waals surface area contributed by atoms with E-state index in [9.17, 15) is 4.79 Å². The Balaban J connectivity index is 1.73. The van der Waals surface area contributed by atoms with Gasteiger partial charge in [-0.05, 0) is 49.9 Å². The van der Waals surface area contributed by atoms with E-state index in [0.717, 1.165) is 36.1 Å². The molecule has 1 amide bonds. The van der Waals surface area contributed by atoms with Crippen molar-refractivity contribution in [3.8, 4) is 11.5 Å². The summed E-state index contributed by atoms with van der Waals surface area (Å²) in [5, 5.41) is 10.5. The van der Waals surface area contributed by atoms with Crippen LogP contribution in [0.2, 0.25) is 0 Å². The fourth-order valence-corrected chi connectivity index (χ4v) is 2.73. The largest absolute Gasteiger partial charge is 0.423 e. The summed E-state index contributed by atoms with van der Waals surface area (Å²) in [6.45, 7) is 1.94. The number of benzene rings is 1. The molecule has 0 radical (unpaired) electrons. The standard InChI is InChI=1S/C15H18N4O2/c1-9-6-11(15-19-17-8-21-15)3-5-13(9)18-14(20)10-2-4-12(16)7-10/h3,5-6,8,10,12H,2,4,7,16H2,1H3,(H,18,20). The maximum Gasteiger partial charge on any atom is 0.247 e. The fourth-order valence-electron chi connectivity index (χ4n) is 2.73. The van der Waals surface area contributed by atoms with Crippen LogP contribution >= 0.6 is 0 Å². The van der Waals surface area contributed by atoms with Crippen LogP contribution in [-0.4, -0.2) is 22.1 Å². The molecule has 6 heteroatoms. The van der Waals surface area contributed by atoms with Crippen molar-refractivity contribution in [1.29, 1.82) is 0 Å². The number of aromatic nitrogens is 2. The lowest BCUT2D eigenvalue weighted by Gasteiger charge is -2.13. The Labute approximate surface area is 122 Å².